The van der Waals surface area contributed by atoms with E-state index >= 15 is 0 Å². The highest BCUT2D eigenvalue weighted by molar-refractivity contribution is 8.01. The van der Waals surface area contributed by atoms with Gasteiger partial charge < -0.3 is 5.73 Å². The highest BCUT2D eigenvalue weighted by atomic mass is 32.2. The van der Waals surface area contributed by atoms with Crippen LogP contribution in [0.1, 0.15) is 58.8 Å². The number of rotatable bonds is 4. The van der Waals surface area contributed by atoms with Gasteiger partial charge in [0.2, 0.25) is 0 Å². The monoisotopic (exact) mass is 227 g/mol. The van der Waals surface area contributed by atoms with Gasteiger partial charge in [0.1, 0.15) is 0 Å². The van der Waals surface area contributed by atoms with E-state index in [1.54, 1.807) is 0 Å². The van der Waals surface area contributed by atoms with Crippen LogP contribution in [0, 0.1) is 5.41 Å². The van der Waals surface area contributed by atoms with E-state index in [0.717, 1.165) is 17.2 Å². The fourth-order valence-corrected chi connectivity index (χ4v) is 5.48. The van der Waals surface area contributed by atoms with Gasteiger partial charge in [-0.25, -0.2) is 0 Å². The lowest BCUT2D eigenvalue weighted by Gasteiger charge is -2.55. The third kappa shape index (κ3) is 2.21. The SMILES string of the molecule is CCC(C)SC1(CN)CC2(CCCC2)C1. The van der Waals surface area contributed by atoms with Gasteiger partial charge in [-0.05, 0) is 37.5 Å². The normalized spacial score (nSPS) is 29.0. The van der Waals surface area contributed by atoms with Gasteiger partial charge in [-0.15, -0.1) is 0 Å². The molecule has 2 rings (SSSR count). The highest BCUT2D eigenvalue weighted by Crippen LogP contribution is 2.63. The first-order valence-corrected chi connectivity index (χ1v) is 7.40. The van der Waals surface area contributed by atoms with Crippen molar-refractivity contribution < 1.29 is 0 Å². The van der Waals surface area contributed by atoms with Gasteiger partial charge in [-0.3, -0.25) is 0 Å². The summed E-state index contributed by atoms with van der Waals surface area (Å²) in [5.41, 5.74) is 6.74. The van der Waals surface area contributed by atoms with Crippen molar-refractivity contribution >= 4 is 11.8 Å². The molecule has 2 fully saturated rings. The third-order valence-electron chi connectivity index (χ3n) is 4.46. The Kier molecular flexibility index (Phi) is 3.37. The molecule has 0 radical (unpaired) electrons. The van der Waals surface area contributed by atoms with Gasteiger partial charge in [0, 0.05) is 16.5 Å². The zero-order valence-electron chi connectivity index (χ0n) is 10.2. The standard InChI is InChI=1S/C13H25NS/c1-3-11(2)15-13(10-14)8-12(9-13)6-4-5-7-12/h11H,3-10,14H2,1-2H3. The Hall–Kier alpha value is 0.310. The first-order valence-electron chi connectivity index (χ1n) is 6.52. The van der Waals surface area contributed by atoms with Crippen LogP contribution in [0.25, 0.3) is 0 Å². The lowest BCUT2D eigenvalue weighted by molar-refractivity contribution is 0.0931. The van der Waals surface area contributed by atoms with E-state index in [2.05, 4.69) is 25.6 Å². The van der Waals surface area contributed by atoms with Crippen molar-refractivity contribution in [2.75, 3.05) is 6.54 Å². The fraction of sp³-hybridized carbons (Fsp3) is 1.00. The van der Waals surface area contributed by atoms with Crippen molar-refractivity contribution in [1.82, 2.24) is 0 Å². The van der Waals surface area contributed by atoms with Crippen molar-refractivity contribution in [3.05, 3.63) is 0 Å². The molecule has 0 aromatic rings. The van der Waals surface area contributed by atoms with Crippen molar-refractivity contribution in [2.24, 2.45) is 11.1 Å². The van der Waals surface area contributed by atoms with Crippen molar-refractivity contribution in [1.29, 1.82) is 0 Å². The Morgan fingerprint density at radius 1 is 1.27 bits per heavy atom. The summed E-state index contributed by atoms with van der Waals surface area (Å²) in [5, 5.41) is 0.785. The first kappa shape index (κ1) is 11.8. The molecule has 15 heavy (non-hydrogen) atoms. The maximum atomic E-state index is 6.00. The van der Waals surface area contributed by atoms with Crippen LogP contribution in [0.4, 0.5) is 0 Å². The maximum Gasteiger partial charge on any atom is 0.0295 e. The van der Waals surface area contributed by atoms with Crippen LogP contribution in [-0.4, -0.2) is 16.5 Å². The summed E-state index contributed by atoms with van der Waals surface area (Å²) >= 11 is 2.17. The number of hydrogen-bond donors (Lipinski definition) is 1. The molecule has 1 spiro atoms. The average molecular weight is 227 g/mol. The highest BCUT2D eigenvalue weighted by Gasteiger charge is 2.54. The van der Waals surface area contributed by atoms with E-state index in [0.29, 0.717) is 4.75 Å². The summed E-state index contributed by atoms with van der Waals surface area (Å²) < 4.78 is 0.458. The average Bonchev–Trinajstić information content (AvgIpc) is 2.65. The predicted molar refractivity (Wildman–Crippen MR) is 69.3 cm³/mol. The van der Waals surface area contributed by atoms with E-state index < -0.39 is 0 Å². The molecule has 0 amide bonds. The second kappa shape index (κ2) is 4.29. The fourth-order valence-electron chi connectivity index (χ4n) is 3.58. The molecule has 2 saturated carbocycles. The maximum absolute atomic E-state index is 6.00. The second-order valence-corrected chi connectivity index (χ2v) is 7.69. The summed E-state index contributed by atoms with van der Waals surface area (Å²) in [7, 11) is 0. The van der Waals surface area contributed by atoms with E-state index in [-0.39, 0.29) is 0 Å². The largest absolute Gasteiger partial charge is 0.329 e. The molecule has 1 nitrogen and oxygen atoms in total. The lowest BCUT2D eigenvalue weighted by atomic mass is 9.60. The van der Waals surface area contributed by atoms with Gasteiger partial charge in [0.25, 0.3) is 0 Å². The minimum absolute atomic E-state index is 0.458. The number of hydrogen-bond acceptors (Lipinski definition) is 2. The van der Waals surface area contributed by atoms with E-state index in [1.807, 2.05) is 0 Å². The summed E-state index contributed by atoms with van der Waals surface area (Å²) in [4.78, 5) is 0. The Balaban J connectivity index is 1.90. The van der Waals surface area contributed by atoms with Gasteiger partial charge in [0.15, 0.2) is 0 Å². The van der Waals surface area contributed by atoms with Crippen LogP contribution in [0.15, 0.2) is 0 Å². The van der Waals surface area contributed by atoms with Crippen LogP contribution >= 0.6 is 11.8 Å². The molecule has 1 unspecified atom stereocenters. The minimum Gasteiger partial charge on any atom is -0.329 e. The third-order valence-corrected chi connectivity index (χ3v) is 6.15. The molecular formula is C13H25NS. The molecule has 88 valence electrons. The molecule has 0 aliphatic heterocycles. The predicted octanol–water partition coefficient (Wildman–Crippen LogP) is 3.57. The van der Waals surface area contributed by atoms with Crippen molar-refractivity contribution in [2.45, 2.75) is 68.8 Å². The molecule has 0 saturated heterocycles. The summed E-state index contributed by atoms with van der Waals surface area (Å²) in [5.74, 6) is 0. The smallest absolute Gasteiger partial charge is 0.0295 e. The van der Waals surface area contributed by atoms with Crippen molar-refractivity contribution in [3.63, 3.8) is 0 Å². The Bertz CT molecular complexity index is 213. The quantitative estimate of drug-likeness (QED) is 0.794. The zero-order valence-corrected chi connectivity index (χ0v) is 11.0. The summed E-state index contributed by atoms with van der Waals surface area (Å²) in [6.45, 7) is 5.53. The van der Waals surface area contributed by atoms with Gasteiger partial charge in [-0.1, -0.05) is 26.7 Å². The summed E-state index contributed by atoms with van der Waals surface area (Å²) in [6, 6.07) is 0. The molecule has 0 bridgehead atoms. The van der Waals surface area contributed by atoms with E-state index in [1.165, 1.54) is 44.9 Å². The number of nitrogens with two attached hydrogens (primary N) is 1. The Labute approximate surface area is 98.6 Å². The topological polar surface area (TPSA) is 26.0 Å². The molecule has 2 aliphatic rings. The van der Waals surface area contributed by atoms with Crippen LogP contribution in [0.2, 0.25) is 0 Å². The molecule has 0 aromatic heterocycles. The molecule has 2 N–H and O–H groups in total. The van der Waals surface area contributed by atoms with Gasteiger partial charge in [0.05, 0.1) is 0 Å². The molecule has 0 heterocycles. The minimum atomic E-state index is 0.458. The summed E-state index contributed by atoms with van der Waals surface area (Å²) in [6.07, 6.45) is 9.99. The van der Waals surface area contributed by atoms with E-state index in [9.17, 15) is 0 Å². The van der Waals surface area contributed by atoms with Gasteiger partial charge >= 0.3 is 0 Å². The molecule has 2 heteroatoms. The molecular weight excluding hydrogens is 202 g/mol. The second-order valence-electron chi connectivity index (χ2n) is 5.78. The zero-order chi connectivity index (χ0) is 10.9. The van der Waals surface area contributed by atoms with Crippen molar-refractivity contribution in [3.8, 4) is 0 Å². The first-order chi connectivity index (χ1) is 7.14. The Morgan fingerprint density at radius 2 is 1.87 bits per heavy atom. The Morgan fingerprint density at radius 3 is 2.33 bits per heavy atom. The van der Waals surface area contributed by atoms with Crippen LogP contribution in [-0.2, 0) is 0 Å². The number of thioether (sulfide) groups is 1. The van der Waals surface area contributed by atoms with E-state index in [4.69, 9.17) is 5.73 Å². The lowest BCUT2D eigenvalue weighted by Crippen LogP contribution is -2.53. The van der Waals surface area contributed by atoms with Gasteiger partial charge in [-0.2, -0.15) is 11.8 Å². The molecule has 2 aliphatic carbocycles. The molecule has 0 aromatic carbocycles. The van der Waals surface area contributed by atoms with Crippen LogP contribution < -0.4 is 5.73 Å². The molecule has 1 atom stereocenters. The van der Waals surface area contributed by atoms with Crippen LogP contribution in [0.5, 0.6) is 0 Å². The van der Waals surface area contributed by atoms with Crippen LogP contribution in [0.3, 0.4) is 0 Å².